The lowest BCUT2D eigenvalue weighted by atomic mass is 10.0. The number of carbonyl (C=O) groups excluding carboxylic acids is 1. The van der Waals surface area contributed by atoms with E-state index in [-0.39, 0.29) is 23.9 Å². The van der Waals surface area contributed by atoms with Gasteiger partial charge < -0.3 is 14.5 Å². The third-order valence-corrected chi connectivity index (χ3v) is 5.25. The Morgan fingerprint density at radius 2 is 1.82 bits per heavy atom. The summed E-state index contributed by atoms with van der Waals surface area (Å²) < 4.78 is 19.1. The molecule has 2 aliphatic heterocycles. The van der Waals surface area contributed by atoms with Crippen molar-refractivity contribution in [2.24, 2.45) is 0 Å². The first kappa shape index (κ1) is 18.8. The molecule has 2 aliphatic rings. The van der Waals surface area contributed by atoms with Crippen LogP contribution < -0.4 is 4.90 Å². The van der Waals surface area contributed by atoms with Crippen molar-refractivity contribution in [2.45, 2.75) is 45.9 Å². The van der Waals surface area contributed by atoms with Gasteiger partial charge in [0.15, 0.2) is 0 Å². The van der Waals surface area contributed by atoms with E-state index in [1.165, 1.54) is 24.3 Å². The number of carbonyl (C=O) groups is 1. The quantitative estimate of drug-likeness (QED) is 0.797. The molecule has 148 valence electrons. The molecule has 0 aliphatic carbocycles. The highest BCUT2D eigenvalue weighted by molar-refractivity contribution is 5.94. The van der Waals surface area contributed by atoms with Gasteiger partial charge >= 0.3 is 0 Å². The lowest BCUT2D eigenvalue weighted by Crippen LogP contribution is -2.47. The Balaban J connectivity index is 1.63. The largest absolute Gasteiger partial charge is 0.372 e. The second kappa shape index (κ2) is 7.47. The van der Waals surface area contributed by atoms with E-state index in [4.69, 9.17) is 9.72 Å². The summed E-state index contributed by atoms with van der Waals surface area (Å²) in [6.07, 6.45) is 0.930. The number of fused-ring (bicyclic) bond motifs is 1. The lowest BCUT2D eigenvalue weighted by molar-refractivity contribution is -0.00560. The monoisotopic (exact) mass is 384 g/mol. The number of halogens is 1. The molecule has 0 radical (unpaired) electrons. The van der Waals surface area contributed by atoms with Crippen molar-refractivity contribution < 1.29 is 13.9 Å². The summed E-state index contributed by atoms with van der Waals surface area (Å²) in [6.45, 7) is 8.61. The Morgan fingerprint density at radius 3 is 2.50 bits per heavy atom. The zero-order chi connectivity index (χ0) is 19.8. The molecule has 0 bridgehead atoms. The number of amides is 1. The standard InChI is InChI=1S/C21H25FN4O2/c1-13-10-26(11-14(2)28-13)20-18-12-25(9-8-19(18)23-15(3)24-20)21(27)16-4-6-17(22)7-5-16/h4-7,13-14H,8-12H2,1-3H3. The molecule has 2 unspecified atom stereocenters. The minimum Gasteiger partial charge on any atom is -0.372 e. The van der Waals surface area contributed by atoms with Crippen molar-refractivity contribution >= 4 is 11.7 Å². The summed E-state index contributed by atoms with van der Waals surface area (Å²) in [4.78, 5) is 26.3. The van der Waals surface area contributed by atoms with E-state index in [2.05, 4.69) is 23.7 Å². The first-order chi connectivity index (χ1) is 13.4. The van der Waals surface area contributed by atoms with Crippen LogP contribution in [0.4, 0.5) is 10.2 Å². The van der Waals surface area contributed by atoms with Crippen LogP contribution in [-0.2, 0) is 17.7 Å². The average Bonchev–Trinajstić information content (AvgIpc) is 2.66. The molecule has 28 heavy (non-hydrogen) atoms. The smallest absolute Gasteiger partial charge is 0.254 e. The first-order valence-corrected chi connectivity index (χ1v) is 9.72. The topological polar surface area (TPSA) is 58.6 Å². The summed E-state index contributed by atoms with van der Waals surface area (Å²) in [6, 6.07) is 5.70. The van der Waals surface area contributed by atoms with Gasteiger partial charge in [0.1, 0.15) is 17.5 Å². The number of hydrogen-bond acceptors (Lipinski definition) is 5. The highest BCUT2D eigenvalue weighted by Gasteiger charge is 2.30. The van der Waals surface area contributed by atoms with E-state index in [0.29, 0.717) is 25.1 Å². The Kier molecular flexibility index (Phi) is 5.02. The second-order valence-electron chi connectivity index (χ2n) is 7.67. The number of morpholine rings is 1. The summed E-state index contributed by atoms with van der Waals surface area (Å²) in [7, 11) is 0. The molecule has 7 heteroatoms. The Hall–Kier alpha value is -2.54. The molecule has 3 heterocycles. The number of hydrogen-bond donors (Lipinski definition) is 0. The van der Waals surface area contributed by atoms with Gasteiger partial charge in [0.25, 0.3) is 5.91 Å². The number of ether oxygens (including phenoxy) is 1. The maximum Gasteiger partial charge on any atom is 0.254 e. The van der Waals surface area contributed by atoms with Crippen LogP contribution in [0.25, 0.3) is 0 Å². The third kappa shape index (κ3) is 3.71. The first-order valence-electron chi connectivity index (χ1n) is 9.72. The minimum absolute atomic E-state index is 0.0964. The minimum atomic E-state index is -0.345. The molecule has 2 atom stereocenters. The van der Waals surface area contributed by atoms with Gasteiger partial charge in [0.05, 0.1) is 24.4 Å². The van der Waals surface area contributed by atoms with Crippen LogP contribution in [0.5, 0.6) is 0 Å². The molecule has 1 aromatic heterocycles. The Bertz CT molecular complexity index is 877. The van der Waals surface area contributed by atoms with E-state index in [1.54, 1.807) is 4.90 Å². The fraction of sp³-hybridized carbons (Fsp3) is 0.476. The number of aromatic nitrogens is 2. The fourth-order valence-electron chi connectivity index (χ4n) is 4.08. The van der Waals surface area contributed by atoms with Crippen LogP contribution in [0.3, 0.4) is 0 Å². The van der Waals surface area contributed by atoms with Crippen molar-refractivity contribution in [1.29, 1.82) is 0 Å². The van der Waals surface area contributed by atoms with Crippen molar-refractivity contribution in [1.82, 2.24) is 14.9 Å². The predicted octanol–water partition coefficient (Wildman–Crippen LogP) is 2.74. The Morgan fingerprint density at radius 1 is 1.14 bits per heavy atom. The molecule has 1 aromatic carbocycles. The maximum absolute atomic E-state index is 13.2. The zero-order valence-corrected chi connectivity index (χ0v) is 16.5. The SMILES string of the molecule is Cc1nc2c(c(N3CC(C)OC(C)C3)n1)CN(C(=O)c1ccc(F)cc1)CC2. The molecular formula is C21H25FN4O2. The summed E-state index contributed by atoms with van der Waals surface area (Å²) in [5.41, 5.74) is 2.51. The van der Waals surface area contributed by atoms with Gasteiger partial charge in [0, 0.05) is 37.2 Å². The molecular weight excluding hydrogens is 359 g/mol. The van der Waals surface area contributed by atoms with Crippen LogP contribution >= 0.6 is 0 Å². The Labute approximate surface area is 164 Å². The predicted molar refractivity (Wildman–Crippen MR) is 104 cm³/mol. The summed E-state index contributed by atoms with van der Waals surface area (Å²) in [5, 5.41) is 0. The van der Waals surface area contributed by atoms with E-state index < -0.39 is 0 Å². The van der Waals surface area contributed by atoms with Gasteiger partial charge in [0.2, 0.25) is 0 Å². The van der Waals surface area contributed by atoms with E-state index in [9.17, 15) is 9.18 Å². The number of benzene rings is 1. The number of nitrogens with zero attached hydrogens (tertiary/aromatic N) is 4. The van der Waals surface area contributed by atoms with E-state index in [0.717, 1.165) is 36.0 Å². The van der Waals surface area contributed by atoms with Crippen LogP contribution in [-0.4, -0.2) is 52.6 Å². The molecule has 0 N–H and O–H groups in total. The molecule has 0 spiro atoms. The van der Waals surface area contributed by atoms with Crippen LogP contribution in [0.15, 0.2) is 24.3 Å². The van der Waals surface area contributed by atoms with Gasteiger partial charge in [-0.2, -0.15) is 0 Å². The number of anilines is 1. The lowest BCUT2D eigenvalue weighted by Gasteiger charge is -2.38. The van der Waals surface area contributed by atoms with Crippen LogP contribution in [0, 0.1) is 12.7 Å². The summed E-state index contributed by atoms with van der Waals surface area (Å²) >= 11 is 0. The molecule has 1 fully saturated rings. The molecule has 1 saturated heterocycles. The molecule has 1 amide bonds. The molecule has 2 aromatic rings. The van der Waals surface area contributed by atoms with Crippen LogP contribution in [0.1, 0.15) is 41.3 Å². The second-order valence-corrected chi connectivity index (χ2v) is 7.67. The molecule has 4 rings (SSSR count). The van der Waals surface area contributed by atoms with Gasteiger partial charge in [-0.1, -0.05) is 0 Å². The number of rotatable bonds is 2. The third-order valence-electron chi connectivity index (χ3n) is 5.25. The average molecular weight is 384 g/mol. The van der Waals surface area contributed by atoms with Crippen molar-refractivity contribution in [3.05, 3.63) is 52.7 Å². The van der Waals surface area contributed by atoms with Crippen molar-refractivity contribution in [2.75, 3.05) is 24.5 Å². The summed E-state index contributed by atoms with van der Waals surface area (Å²) in [5.74, 6) is 1.21. The highest BCUT2D eigenvalue weighted by atomic mass is 19.1. The molecule has 0 saturated carbocycles. The van der Waals surface area contributed by atoms with Crippen LogP contribution in [0.2, 0.25) is 0 Å². The highest BCUT2D eigenvalue weighted by Crippen LogP contribution is 2.29. The van der Waals surface area contributed by atoms with Gasteiger partial charge in [-0.25, -0.2) is 14.4 Å². The van der Waals surface area contributed by atoms with E-state index in [1.807, 2.05) is 6.92 Å². The van der Waals surface area contributed by atoms with E-state index >= 15 is 0 Å². The fourth-order valence-corrected chi connectivity index (χ4v) is 4.08. The van der Waals surface area contributed by atoms with Gasteiger partial charge in [-0.05, 0) is 45.0 Å². The normalized spacial score (nSPS) is 22.1. The molecule has 6 nitrogen and oxygen atoms in total. The maximum atomic E-state index is 13.2. The van der Waals surface area contributed by atoms with Gasteiger partial charge in [-0.3, -0.25) is 4.79 Å². The van der Waals surface area contributed by atoms with Crippen molar-refractivity contribution in [3.63, 3.8) is 0 Å². The van der Waals surface area contributed by atoms with Gasteiger partial charge in [-0.15, -0.1) is 0 Å². The number of aryl methyl sites for hydroxylation is 1. The van der Waals surface area contributed by atoms with Crippen molar-refractivity contribution in [3.8, 4) is 0 Å². The zero-order valence-electron chi connectivity index (χ0n) is 16.5.